The average Bonchev–Trinajstić information content (AvgIpc) is 3.00. The van der Waals surface area contributed by atoms with Gasteiger partial charge in [0, 0.05) is 5.41 Å². The van der Waals surface area contributed by atoms with Crippen LogP contribution in [0.1, 0.15) is 30.4 Å². The fraction of sp³-hybridized carbons (Fsp3) is 0.462. The predicted octanol–water partition coefficient (Wildman–Crippen LogP) is 2.50. The van der Waals surface area contributed by atoms with Crippen molar-refractivity contribution in [2.45, 2.75) is 31.1 Å². The summed E-state index contributed by atoms with van der Waals surface area (Å²) >= 11 is 0. The van der Waals surface area contributed by atoms with Crippen molar-refractivity contribution in [3.63, 3.8) is 0 Å². The molecule has 0 amide bonds. The normalized spacial score (nSPS) is 25.2. The third-order valence-electron chi connectivity index (χ3n) is 4.06. The van der Waals surface area contributed by atoms with E-state index in [1.54, 1.807) is 0 Å². The largest absolute Gasteiger partial charge is 0.481 e. The van der Waals surface area contributed by atoms with Crippen molar-refractivity contribution >= 4 is 5.97 Å². The Bertz CT molecular complexity index is 463. The summed E-state index contributed by atoms with van der Waals surface area (Å²) in [6.07, 6.45) is 3.23. The van der Waals surface area contributed by atoms with E-state index in [4.69, 9.17) is 0 Å². The number of benzene rings is 1. The molecule has 3 rings (SSSR count). The highest BCUT2D eigenvalue weighted by Gasteiger charge is 2.56. The summed E-state index contributed by atoms with van der Waals surface area (Å²) in [5.74, 6) is -1.30. The number of carboxylic acid groups (broad SMARTS) is 1. The molecule has 1 aromatic carbocycles. The Hall–Kier alpha value is -1.38. The number of halogens is 1. The Balaban J connectivity index is 2.11. The molecule has 1 fully saturated rings. The molecule has 0 bridgehead atoms. The van der Waals surface area contributed by atoms with Crippen molar-refractivity contribution in [1.82, 2.24) is 0 Å². The molecule has 2 aliphatic carbocycles. The molecule has 2 aliphatic rings. The smallest absolute Gasteiger partial charge is 0.307 e. The van der Waals surface area contributed by atoms with Crippen LogP contribution in [-0.4, -0.2) is 11.1 Å². The van der Waals surface area contributed by atoms with Gasteiger partial charge >= 0.3 is 5.97 Å². The Morgan fingerprint density at radius 2 is 2.19 bits per heavy atom. The molecule has 0 heterocycles. The van der Waals surface area contributed by atoms with Gasteiger partial charge in [-0.15, -0.1) is 0 Å². The lowest BCUT2D eigenvalue weighted by Gasteiger charge is -2.31. The van der Waals surface area contributed by atoms with E-state index >= 15 is 0 Å². The quantitative estimate of drug-likeness (QED) is 0.789. The molecule has 1 unspecified atom stereocenters. The summed E-state index contributed by atoms with van der Waals surface area (Å²) in [6, 6.07) is 4.82. The highest BCUT2D eigenvalue weighted by atomic mass is 19.1. The van der Waals surface area contributed by atoms with Crippen LogP contribution in [0.5, 0.6) is 0 Å². The first kappa shape index (κ1) is 9.82. The molecule has 1 atom stereocenters. The first-order chi connectivity index (χ1) is 7.63. The summed E-state index contributed by atoms with van der Waals surface area (Å²) in [4.78, 5) is 11.2. The van der Waals surface area contributed by atoms with E-state index in [1.807, 2.05) is 6.07 Å². The first-order valence-corrected chi connectivity index (χ1v) is 5.65. The number of rotatable bonds is 1. The standard InChI is InChI=1S/C13H13FO2/c14-9-3-1-8-2-4-10(12(15)16)13(5-6-13)11(8)7-9/h1,3,7,10H,2,4-6H2,(H,15,16). The lowest BCUT2D eigenvalue weighted by atomic mass is 9.72. The minimum atomic E-state index is -0.729. The van der Waals surface area contributed by atoms with E-state index in [2.05, 4.69) is 0 Å². The third-order valence-corrected chi connectivity index (χ3v) is 4.06. The number of fused-ring (bicyclic) bond motifs is 2. The maximum absolute atomic E-state index is 13.2. The van der Waals surface area contributed by atoms with Gasteiger partial charge in [0.2, 0.25) is 0 Å². The molecule has 1 N–H and O–H groups in total. The first-order valence-electron chi connectivity index (χ1n) is 5.65. The number of carboxylic acids is 1. The number of aliphatic carboxylic acids is 1. The van der Waals surface area contributed by atoms with E-state index in [0.717, 1.165) is 30.4 Å². The van der Waals surface area contributed by atoms with Gasteiger partial charge in [0.05, 0.1) is 5.92 Å². The molecule has 0 aromatic heterocycles. The maximum Gasteiger partial charge on any atom is 0.307 e. The summed E-state index contributed by atoms with van der Waals surface area (Å²) < 4.78 is 13.2. The lowest BCUT2D eigenvalue weighted by Crippen LogP contribution is -2.33. The molecule has 0 saturated heterocycles. The second-order valence-electron chi connectivity index (χ2n) is 4.89. The molecule has 1 aromatic rings. The van der Waals surface area contributed by atoms with Crippen LogP contribution in [0.15, 0.2) is 18.2 Å². The zero-order valence-electron chi connectivity index (χ0n) is 8.87. The zero-order valence-corrected chi connectivity index (χ0v) is 8.87. The summed E-state index contributed by atoms with van der Waals surface area (Å²) in [6.45, 7) is 0. The Labute approximate surface area is 93.1 Å². The lowest BCUT2D eigenvalue weighted by molar-refractivity contribution is -0.143. The molecular weight excluding hydrogens is 207 g/mol. The van der Waals surface area contributed by atoms with Gasteiger partial charge in [-0.3, -0.25) is 4.79 Å². The van der Waals surface area contributed by atoms with Crippen LogP contribution in [0.25, 0.3) is 0 Å². The fourth-order valence-electron chi connectivity index (χ4n) is 3.11. The van der Waals surface area contributed by atoms with E-state index in [-0.39, 0.29) is 17.2 Å². The molecule has 1 saturated carbocycles. The molecule has 1 spiro atoms. The maximum atomic E-state index is 13.2. The van der Waals surface area contributed by atoms with Gasteiger partial charge < -0.3 is 5.11 Å². The summed E-state index contributed by atoms with van der Waals surface area (Å²) in [5, 5.41) is 9.21. The third kappa shape index (κ3) is 1.20. The average molecular weight is 220 g/mol. The van der Waals surface area contributed by atoms with E-state index < -0.39 is 5.97 Å². The van der Waals surface area contributed by atoms with Crippen molar-refractivity contribution in [2.75, 3.05) is 0 Å². The monoisotopic (exact) mass is 220 g/mol. The predicted molar refractivity (Wildman–Crippen MR) is 56.8 cm³/mol. The highest BCUT2D eigenvalue weighted by molar-refractivity contribution is 5.74. The van der Waals surface area contributed by atoms with Gasteiger partial charge in [-0.1, -0.05) is 6.07 Å². The summed E-state index contributed by atoms with van der Waals surface area (Å²) in [5.41, 5.74) is 1.84. The van der Waals surface area contributed by atoms with Crippen molar-refractivity contribution < 1.29 is 14.3 Å². The molecule has 0 aliphatic heterocycles. The van der Waals surface area contributed by atoms with Crippen LogP contribution in [0.4, 0.5) is 4.39 Å². The molecule has 2 nitrogen and oxygen atoms in total. The fourth-order valence-corrected chi connectivity index (χ4v) is 3.11. The van der Waals surface area contributed by atoms with Gasteiger partial charge in [-0.05, 0) is 48.9 Å². The van der Waals surface area contributed by atoms with Crippen molar-refractivity contribution in [1.29, 1.82) is 0 Å². The Morgan fingerprint density at radius 3 is 2.81 bits per heavy atom. The zero-order chi connectivity index (χ0) is 11.3. The van der Waals surface area contributed by atoms with Crippen LogP contribution in [0.2, 0.25) is 0 Å². The van der Waals surface area contributed by atoms with E-state index in [0.29, 0.717) is 6.42 Å². The van der Waals surface area contributed by atoms with Gasteiger partial charge in [-0.2, -0.15) is 0 Å². The van der Waals surface area contributed by atoms with Crippen LogP contribution < -0.4 is 0 Å². The van der Waals surface area contributed by atoms with Crippen LogP contribution in [-0.2, 0) is 16.6 Å². The molecule has 0 radical (unpaired) electrons. The Morgan fingerprint density at radius 1 is 1.44 bits per heavy atom. The number of aryl methyl sites for hydroxylation is 1. The highest BCUT2D eigenvalue weighted by Crippen LogP contribution is 2.58. The van der Waals surface area contributed by atoms with Crippen molar-refractivity contribution in [2.24, 2.45) is 5.92 Å². The molecule has 3 heteroatoms. The van der Waals surface area contributed by atoms with Crippen molar-refractivity contribution in [3.8, 4) is 0 Å². The molecular formula is C13H13FO2. The van der Waals surface area contributed by atoms with Gasteiger partial charge in [0.15, 0.2) is 0 Å². The second kappa shape index (κ2) is 3.06. The number of hydrogen-bond acceptors (Lipinski definition) is 1. The van der Waals surface area contributed by atoms with Crippen LogP contribution in [0.3, 0.4) is 0 Å². The second-order valence-corrected chi connectivity index (χ2v) is 4.89. The van der Waals surface area contributed by atoms with Crippen molar-refractivity contribution in [3.05, 3.63) is 35.1 Å². The SMILES string of the molecule is O=C(O)C1CCc2ccc(F)cc2C12CC2. The molecule has 84 valence electrons. The summed E-state index contributed by atoms with van der Waals surface area (Å²) in [7, 11) is 0. The van der Waals surface area contributed by atoms with Gasteiger partial charge in [0.1, 0.15) is 5.82 Å². The van der Waals surface area contributed by atoms with E-state index in [9.17, 15) is 14.3 Å². The molecule has 16 heavy (non-hydrogen) atoms. The minimum absolute atomic E-state index is 0.248. The number of hydrogen-bond donors (Lipinski definition) is 1. The topological polar surface area (TPSA) is 37.3 Å². The van der Waals surface area contributed by atoms with Gasteiger partial charge in [-0.25, -0.2) is 4.39 Å². The Kier molecular flexibility index (Phi) is 1.88. The van der Waals surface area contributed by atoms with Crippen LogP contribution in [0, 0.1) is 11.7 Å². The van der Waals surface area contributed by atoms with Crippen LogP contribution >= 0.6 is 0 Å². The van der Waals surface area contributed by atoms with E-state index in [1.165, 1.54) is 12.1 Å². The van der Waals surface area contributed by atoms with Gasteiger partial charge in [0.25, 0.3) is 0 Å². The minimum Gasteiger partial charge on any atom is -0.481 e. The number of carbonyl (C=O) groups is 1.